The lowest BCUT2D eigenvalue weighted by Crippen LogP contribution is -2.27. The van der Waals surface area contributed by atoms with E-state index in [1.165, 1.54) is 16.2 Å². The van der Waals surface area contributed by atoms with Crippen LogP contribution in [0.1, 0.15) is 4.88 Å². The first kappa shape index (κ1) is 15.7. The van der Waals surface area contributed by atoms with Gasteiger partial charge in [-0.25, -0.2) is 4.98 Å². The SMILES string of the molecule is Nc1nc(-c2ccc(NC(=O)CNCc3cccs3)cc2)cs1. The minimum atomic E-state index is -0.0628. The number of anilines is 2. The van der Waals surface area contributed by atoms with E-state index in [-0.39, 0.29) is 12.5 Å². The minimum Gasteiger partial charge on any atom is -0.375 e. The van der Waals surface area contributed by atoms with Crippen LogP contribution < -0.4 is 16.4 Å². The second-order valence-electron chi connectivity index (χ2n) is 4.88. The van der Waals surface area contributed by atoms with Crippen LogP contribution >= 0.6 is 22.7 Å². The smallest absolute Gasteiger partial charge is 0.238 e. The van der Waals surface area contributed by atoms with Crippen molar-refractivity contribution in [1.29, 1.82) is 0 Å². The van der Waals surface area contributed by atoms with Crippen molar-refractivity contribution in [3.8, 4) is 11.3 Å². The molecule has 3 aromatic rings. The van der Waals surface area contributed by atoms with Gasteiger partial charge in [-0.1, -0.05) is 18.2 Å². The van der Waals surface area contributed by atoms with Crippen LogP contribution in [-0.2, 0) is 11.3 Å². The number of amides is 1. The van der Waals surface area contributed by atoms with Crippen molar-refractivity contribution in [1.82, 2.24) is 10.3 Å². The highest BCUT2D eigenvalue weighted by Gasteiger charge is 2.05. The highest BCUT2D eigenvalue weighted by Crippen LogP contribution is 2.24. The van der Waals surface area contributed by atoms with Crippen LogP contribution in [0.2, 0.25) is 0 Å². The lowest BCUT2D eigenvalue weighted by molar-refractivity contribution is -0.115. The number of nitrogens with two attached hydrogens (primary N) is 1. The van der Waals surface area contributed by atoms with E-state index in [9.17, 15) is 4.79 Å². The molecule has 4 N–H and O–H groups in total. The first-order chi connectivity index (χ1) is 11.2. The van der Waals surface area contributed by atoms with Crippen LogP contribution in [-0.4, -0.2) is 17.4 Å². The lowest BCUT2D eigenvalue weighted by Gasteiger charge is -2.07. The Hall–Kier alpha value is -2.22. The Morgan fingerprint density at radius 1 is 1.17 bits per heavy atom. The summed E-state index contributed by atoms with van der Waals surface area (Å²) in [6.45, 7) is 0.984. The molecule has 5 nitrogen and oxygen atoms in total. The maximum Gasteiger partial charge on any atom is 0.238 e. The summed E-state index contributed by atoms with van der Waals surface area (Å²) in [4.78, 5) is 17.4. The van der Waals surface area contributed by atoms with Crippen LogP contribution in [0, 0.1) is 0 Å². The Labute approximate surface area is 142 Å². The number of rotatable bonds is 6. The normalized spacial score (nSPS) is 10.6. The van der Waals surface area contributed by atoms with Crippen LogP contribution in [0.25, 0.3) is 11.3 Å². The number of aromatic nitrogens is 1. The molecular weight excluding hydrogens is 328 g/mol. The first-order valence-corrected chi connectivity index (χ1v) is 8.81. The number of hydrogen-bond acceptors (Lipinski definition) is 6. The van der Waals surface area contributed by atoms with E-state index in [0.29, 0.717) is 11.7 Å². The number of nitrogen functional groups attached to an aromatic ring is 1. The van der Waals surface area contributed by atoms with Crippen molar-refractivity contribution in [2.45, 2.75) is 6.54 Å². The number of carbonyl (C=O) groups excluding carboxylic acids is 1. The number of thiazole rings is 1. The van der Waals surface area contributed by atoms with Gasteiger partial charge >= 0.3 is 0 Å². The Bertz CT molecular complexity index is 766. The van der Waals surface area contributed by atoms with Gasteiger partial charge in [-0.2, -0.15) is 0 Å². The predicted molar refractivity (Wildman–Crippen MR) is 96.6 cm³/mol. The number of nitrogens with zero attached hydrogens (tertiary/aromatic N) is 1. The average molecular weight is 344 g/mol. The third kappa shape index (κ3) is 4.38. The highest BCUT2D eigenvalue weighted by atomic mass is 32.1. The number of hydrogen-bond donors (Lipinski definition) is 3. The van der Waals surface area contributed by atoms with Gasteiger partial charge in [0.2, 0.25) is 5.91 Å². The van der Waals surface area contributed by atoms with E-state index < -0.39 is 0 Å². The maximum atomic E-state index is 11.9. The van der Waals surface area contributed by atoms with Crippen molar-refractivity contribution in [3.05, 3.63) is 52.0 Å². The summed E-state index contributed by atoms with van der Waals surface area (Å²) < 4.78 is 0. The molecule has 0 bridgehead atoms. The van der Waals surface area contributed by atoms with Gasteiger partial charge in [0.1, 0.15) is 0 Å². The zero-order valence-electron chi connectivity index (χ0n) is 12.3. The van der Waals surface area contributed by atoms with Crippen molar-refractivity contribution in [3.63, 3.8) is 0 Å². The molecule has 118 valence electrons. The molecule has 3 rings (SSSR count). The van der Waals surface area contributed by atoms with E-state index in [4.69, 9.17) is 5.73 Å². The Morgan fingerprint density at radius 2 is 2.00 bits per heavy atom. The van der Waals surface area contributed by atoms with Gasteiger partial charge in [0.15, 0.2) is 5.13 Å². The van der Waals surface area contributed by atoms with Crippen molar-refractivity contribution in [2.75, 3.05) is 17.6 Å². The number of carbonyl (C=O) groups is 1. The molecule has 0 radical (unpaired) electrons. The molecule has 0 spiro atoms. The number of benzene rings is 1. The fraction of sp³-hybridized carbons (Fsp3) is 0.125. The Kier molecular flexibility index (Phi) is 5.02. The molecule has 0 unspecified atom stereocenters. The maximum absolute atomic E-state index is 11.9. The first-order valence-electron chi connectivity index (χ1n) is 7.05. The van der Waals surface area contributed by atoms with E-state index in [0.717, 1.165) is 16.9 Å². The molecule has 0 aliphatic rings. The van der Waals surface area contributed by atoms with E-state index in [2.05, 4.69) is 15.6 Å². The molecule has 0 saturated heterocycles. The van der Waals surface area contributed by atoms with Crippen LogP contribution in [0.15, 0.2) is 47.2 Å². The Morgan fingerprint density at radius 3 is 2.65 bits per heavy atom. The van der Waals surface area contributed by atoms with E-state index in [1.807, 2.05) is 47.2 Å². The zero-order valence-corrected chi connectivity index (χ0v) is 13.9. The van der Waals surface area contributed by atoms with Gasteiger partial charge in [-0.3, -0.25) is 4.79 Å². The molecule has 2 heterocycles. The number of nitrogens with one attached hydrogen (secondary N) is 2. The minimum absolute atomic E-state index is 0.0628. The standard InChI is InChI=1S/C16H16N4OS2/c17-16-20-14(10-23-16)11-3-5-12(6-4-11)19-15(21)9-18-8-13-2-1-7-22-13/h1-7,10,18H,8-9H2,(H2,17,20)(H,19,21). The van der Waals surface area contributed by atoms with Gasteiger partial charge in [0, 0.05) is 28.1 Å². The molecule has 23 heavy (non-hydrogen) atoms. The third-order valence-electron chi connectivity index (χ3n) is 3.15. The number of thiophene rings is 1. The molecule has 0 fully saturated rings. The molecule has 2 aromatic heterocycles. The Balaban J connectivity index is 1.50. The second kappa shape index (κ2) is 7.36. The second-order valence-corrected chi connectivity index (χ2v) is 6.80. The molecule has 0 aliphatic heterocycles. The fourth-order valence-corrected chi connectivity index (χ4v) is 3.31. The van der Waals surface area contributed by atoms with Crippen LogP contribution in [0.4, 0.5) is 10.8 Å². The largest absolute Gasteiger partial charge is 0.375 e. The summed E-state index contributed by atoms with van der Waals surface area (Å²) in [6.07, 6.45) is 0. The van der Waals surface area contributed by atoms with Gasteiger partial charge < -0.3 is 16.4 Å². The van der Waals surface area contributed by atoms with Crippen molar-refractivity contribution in [2.24, 2.45) is 0 Å². The van der Waals surface area contributed by atoms with Gasteiger partial charge in [0.25, 0.3) is 0 Å². The third-order valence-corrected chi connectivity index (χ3v) is 4.70. The summed E-state index contributed by atoms with van der Waals surface area (Å²) in [5.74, 6) is -0.0628. The average Bonchev–Trinajstić information content (AvgIpc) is 3.20. The summed E-state index contributed by atoms with van der Waals surface area (Å²) in [5, 5.41) is 10.5. The molecule has 0 atom stereocenters. The van der Waals surface area contributed by atoms with E-state index in [1.54, 1.807) is 11.3 Å². The van der Waals surface area contributed by atoms with Crippen molar-refractivity contribution < 1.29 is 4.79 Å². The van der Waals surface area contributed by atoms with Gasteiger partial charge in [-0.05, 0) is 23.6 Å². The van der Waals surface area contributed by atoms with E-state index >= 15 is 0 Å². The quantitative estimate of drug-likeness (QED) is 0.641. The predicted octanol–water partition coefficient (Wildman–Crippen LogP) is 3.18. The molecule has 7 heteroatoms. The molecule has 0 aliphatic carbocycles. The summed E-state index contributed by atoms with van der Waals surface area (Å²) in [6, 6.07) is 11.6. The summed E-state index contributed by atoms with van der Waals surface area (Å²) in [7, 11) is 0. The van der Waals surface area contributed by atoms with Gasteiger partial charge in [0.05, 0.1) is 12.2 Å². The lowest BCUT2D eigenvalue weighted by atomic mass is 10.1. The fourth-order valence-electron chi connectivity index (χ4n) is 2.06. The molecule has 0 saturated carbocycles. The highest BCUT2D eigenvalue weighted by molar-refractivity contribution is 7.13. The molecular formula is C16H16N4OS2. The summed E-state index contributed by atoms with van der Waals surface area (Å²) in [5.41, 5.74) is 8.23. The summed E-state index contributed by atoms with van der Waals surface area (Å²) >= 11 is 3.08. The van der Waals surface area contributed by atoms with Crippen molar-refractivity contribution >= 4 is 39.4 Å². The zero-order chi connectivity index (χ0) is 16.1. The monoisotopic (exact) mass is 344 g/mol. The van der Waals surface area contributed by atoms with Gasteiger partial charge in [-0.15, -0.1) is 22.7 Å². The molecule has 1 amide bonds. The van der Waals surface area contributed by atoms with Crippen LogP contribution in [0.3, 0.4) is 0 Å². The van der Waals surface area contributed by atoms with Crippen LogP contribution in [0.5, 0.6) is 0 Å². The topological polar surface area (TPSA) is 80.0 Å². The molecule has 1 aromatic carbocycles.